The fourth-order valence-corrected chi connectivity index (χ4v) is 4.96. The first-order valence-corrected chi connectivity index (χ1v) is 6.20. The van der Waals surface area contributed by atoms with Crippen molar-refractivity contribution in [2.24, 2.45) is 21.7 Å². The van der Waals surface area contributed by atoms with Gasteiger partial charge in [0.05, 0.1) is 0 Å². The molecule has 0 aromatic rings. The van der Waals surface area contributed by atoms with Gasteiger partial charge in [-0.1, -0.05) is 62.3 Å². The van der Waals surface area contributed by atoms with Gasteiger partial charge < -0.3 is 0 Å². The second-order valence-corrected chi connectivity index (χ2v) is 8.06. The van der Waals surface area contributed by atoms with Crippen molar-refractivity contribution in [3.05, 3.63) is 0 Å². The van der Waals surface area contributed by atoms with Crippen LogP contribution < -0.4 is 0 Å². The Labute approximate surface area is 102 Å². The summed E-state index contributed by atoms with van der Waals surface area (Å²) in [6.07, 6.45) is 0. The summed E-state index contributed by atoms with van der Waals surface area (Å²) in [5, 5.41) is 0. The maximum atomic E-state index is 12.4. The van der Waals surface area contributed by atoms with Gasteiger partial charge in [-0.3, -0.25) is 4.79 Å². The lowest BCUT2D eigenvalue weighted by Crippen LogP contribution is -2.59. The van der Waals surface area contributed by atoms with E-state index in [4.69, 9.17) is 0 Å². The zero-order valence-electron chi connectivity index (χ0n) is 12.9. The molecule has 0 spiro atoms. The highest BCUT2D eigenvalue weighted by Gasteiger charge is 2.60. The molecule has 96 valence electrons. The van der Waals surface area contributed by atoms with Crippen molar-refractivity contribution in [3.63, 3.8) is 0 Å². The van der Waals surface area contributed by atoms with Gasteiger partial charge in [-0.05, 0) is 23.2 Å². The Kier molecular flexibility index (Phi) is 3.77. The third-order valence-electron chi connectivity index (χ3n) is 3.90. The van der Waals surface area contributed by atoms with Gasteiger partial charge in [0.25, 0.3) is 0 Å². The third kappa shape index (κ3) is 2.06. The molecule has 0 aromatic heterocycles. The number of hydrogen-bond donors (Lipinski definition) is 0. The number of carbonyl (C=O) groups is 1. The molecule has 0 saturated heterocycles. The highest BCUT2D eigenvalue weighted by molar-refractivity contribution is 5.85. The largest absolute Gasteiger partial charge is 0.299 e. The summed E-state index contributed by atoms with van der Waals surface area (Å²) in [5.74, 6) is 0.306. The van der Waals surface area contributed by atoms with Gasteiger partial charge in [0.2, 0.25) is 0 Å². The molecule has 0 rings (SSSR count). The highest BCUT2D eigenvalue weighted by Crippen LogP contribution is 2.61. The molecule has 0 fully saturated rings. The van der Waals surface area contributed by atoms with Crippen LogP contribution in [0.25, 0.3) is 0 Å². The van der Waals surface area contributed by atoms with E-state index in [-0.39, 0.29) is 21.7 Å². The van der Waals surface area contributed by atoms with Gasteiger partial charge in [-0.15, -0.1) is 0 Å². The molecule has 0 heterocycles. The predicted molar refractivity (Wildman–Crippen MR) is 71.5 cm³/mol. The van der Waals surface area contributed by atoms with Gasteiger partial charge in [-0.2, -0.15) is 0 Å². The quantitative estimate of drug-likeness (QED) is 0.633. The molecule has 0 aromatic carbocycles. The van der Waals surface area contributed by atoms with Gasteiger partial charge in [0.1, 0.15) is 5.78 Å². The van der Waals surface area contributed by atoms with Crippen LogP contribution in [0.1, 0.15) is 69.2 Å². The van der Waals surface area contributed by atoms with Gasteiger partial charge in [0, 0.05) is 5.41 Å². The van der Waals surface area contributed by atoms with E-state index >= 15 is 0 Å². The first-order chi connectivity index (χ1) is 6.69. The first-order valence-electron chi connectivity index (χ1n) is 6.20. The topological polar surface area (TPSA) is 17.1 Å². The number of ketones is 1. The lowest BCUT2D eigenvalue weighted by molar-refractivity contribution is -0.164. The van der Waals surface area contributed by atoms with E-state index in [1.165, 1.54) is 0 Å². The van der Waals surface area contributed by atoms with Gasteiger partial charge in [0.15, 0.2) is 0 Å². The molecule has 0 amide bonds. The van der Waals surface area contributed by atoms with Crippen molar-refractivity contribution in [1.82, 2.24) is 0 Å². The molecular weight excluding hydrogens is 196 g/mol. The van der Waals surface area contributed by atoms with Crippen molar-refractivity contribution in [3.8, 4) is 0 Å². The molecular formula is C15H30O. The van der Waals surface area contributed by atoms with Crippen LogP contribution in [0.5, 0.6) is 0 Å². The summed E-state index contributed by atoms with van der Waals surface area (Å²) in [6, 6.07) is 0. The monoisotopic (exact) mass is 226 g/mol. The normalized spacial score (nSPS) is 15.1. The number of hydrogen-bond acceptors (Lipinski definition) is 1. The smallest absolute Gasteiger partial charge is 0.137 e. The second-order valence-electron chi connectivity index (χ2n) is 8.06. The predicted octanol–water partition coefficient (Wildman–Crippen LogP) is 4.70. The second kappa shape index (κ2) is 3.85. The highest BCUT2D eigenvalue weighted by atomic mass is 16.1. The molecule has 0 radical (unpaired) electrons. The van der Waals surface area contributed by atoms with Crippen LogP contribution in [-0.4, -0.2) is 5.78 Å². The van der Waals surface area contributed by atoms with Crippen molar-refractivity contribution in [2.75, 3.05) is 0 Å². The number of Topliss-reactive ketones (excluding diaryl/α,β-unsaturated/α-hetero) is 1. The van der Waals surface area contributed by atoms with E-state index in [0.717, 1.165) is 0 Å². The minimum Gasteiger partial charge on any atom is -0.299 e. The molecule has 1 heteroatoms. The van der Waals surface area contributed by atoms with Crippen molar-refractivity contribution in [2.45, 2.75) is 69.2 Å². The summed E-state index contributed by atoms with van der Waals surface area (Å²) >= 11 is 0. The lowest BCUT2D eigenvalue weighted by atomic mass is 9.43. The van der Waals surface area contributed by atoms with Crippen LogP contribution in [-0.2, 0) is 4.79 Å². The van der Waals surface area contributed by atoms with Crippen molar-refractivity contribution < 1.29 is 4.79 Å². The summed E-state index contributed by atoms with van der Waals surface area (Å²) < 4.78 is 0. The summed E-state index contributed by atoms with van der Waals surface area (Å²) in [5.41, 5.74) is -0.465. The molecule has 0 aliphatic carbocycles. The minimum atomic E-state index is -0.326. The van der Waals surface area contributed by atoms with Crippen LogP contribution in [0.4, 0.5) is 0 Å². The molecule has 16 heavy (non-hydrogen) atoms. The maximum absolute atomic E-state index is 12.4. The zero-order valence-corrected chi connectivity index (χ0v) is 12.9. The molecule has 0 aliphatic heterocycles. The molecule has 0 unspecified atom stereocenters. The Balaban J connectivity index is 6.17. The summed E-state index contributed by atoms with van der Waals surface area (Å²) in [4.78, 5) is 12.4. The number of carbonyl (C=O) groups excluding carboxylic acids is 1. The first kappa shape index (κ1) is 15.7. The fraction of sp³-hybridized carbons (Fsp3) is 0.933. The summed E-state index contributed by atoms with van der Waals surface area (Å²) in [6.45, 7) is 21.4. The Bertz CT molecular complexity index is 229. The third-order valence-corrected chi connectivity index (χ3v) is 3.90. The van der Waals surface area contributed by atoms with Crippen molar-refractivity contribution in [1.29, 1.82) is 0 Å². The Morgan fingerprint density at radius 1 is 0.625 bits per heavy atom. The van der Waals surface area contributed by atoms with E-state index in [1.807, 2.05) is 0 Å². The SMILES string of the molecule is CC(=O)C(C(C)(C)C)(C(C)(C)C)C(C)(C)C. The van der Waals surface area contributed by atoms with E-state index in [1.54, 1.807) is 6.92 Å². The number of rotatable bonds is 1. The molecule has 0 N–H and O–H groups in total. The molecule has 0 atom stereocenters. The molecule has 0 saturated carbocycles. The van der Waals surface area contributed by atoms with E-state index in [0.29, 0.717) is 5.78 Å². The van der Waals surface area contributed by atoms with Crippen LogP contribution in [0.2, 0.25) is 0 Å². The Morgan fingerprint density at radius 2 is 0.812 bits per heavy atom. The molecule has 1 nitrogen and oxygen atoms in total. The van der Waals surface area contributed by atoms with Crippen LogP contribution in [0.3, 0.4) is 0 Å². The zero-order chi connectivity index (χ0) is 13.6. The molecule has 0 bridgehead atoms. The van der Waals surface area contributed by atoms with E-state index < -0.39 is 0 Å². The van der Waals surface area contributed by atoms with E-state index in [2.05, 4.69) is 62.3 Å². The van der Waals surface area contributed by atoms with E-state index in [9.17, 15) is 4.79 Å². The van der Waals surface area contributed by atoms with Gasteiger partial charge in [-0.25, -0.2) is 0 Å². The average Bonchev–Trinajstić information content (AvgIpc) is 1.71. The Morgan fingerprint density at radius 3 is 0.812 bits per heavy atom. The minimum absolute atomic E-state index is 0.0463. The lowest BCUT2D eigenvalue weighted by Gasteiger charge is -2.59. The van der Waals surface area contributed by atoms with Gasteiger partial charge >= 0.3 is 0 Å². The van der Waals surface area contributed by atoms with Crippen molar-refractivity contribution >= 4 is 5.78 Å². The molecule has 0 aliphatic rings. The summed E-state index contributed by atoms with van der Waals surface area (Å²) in [7, 11) is 0. The van der Waals surface area contributed by atoms with Crippen LogP contribution in [0, 0.1) is 21.7 Å². The maximum Gasteiger partial charge on any atom is 0.137 e. The Hall–Kier alpha value is -0.330. The van der Waals surface area contributed by atoms with Crippen LogP contribution >= 0.6 is 0 Å². The fourth-order valence-electron chi connectivity index (χ4n) is 4.96. The standard InChI is InChI=1S/C15H30O/c1-11(16)15(12(2,3)4,13(5,6)7)14(8,9)10/h1-10H3. The average molecular weight is 226 g/mol. The van der Waals surface area contributed by atoms with Crippen LogP contribution in [0.15, 0.2) is 0 Å².